The van der Waals surface area contributed by atoms with Gasteiger partial charge in [0.2, 0.25) is 10.0 Å². The highest BCUT2D eigenvalue weighted by Crippen LogP contribution is 2.39. The van der Waals surface area contributed by atoms with E-state index in [2.05, 4.69) is 40.5 Å². The van der Waals surface area contributed by atoms with Crippen LogP contribution in [0.3, 0.4) is 0 Å². The lowest BCUT2D eigenvalue weighted by Gasteiger charge is -2.38. The van der Waals surface area contributed by atoms with Crippen LogP contribution in [-0.2, 0) is 14.8 Å². The number of aromatic nitrogens is 2. The Labute approximate surface area is 215 Å². The first-order valence-electron chi connectivity index (χ1n) is 12.7. The summed E-state index contributed by atoms with van der Waals surface area (Å²) in [6, 6.07) is 2.45. The molecule has 1 aromatic carbocycles. The molecule has 3 aliphatic rings. The Bertz CT molecular complexity index is 1330. The molecule has 1 aliphatic carbocycles. The fraction of sp³-hybridized carbons (Fsp3) is 0.600. The Morgan fingerprint density at radius 2 is 1.92 bits per heavy atom. The standard InChI is InChI=1S/C25H34F2N6O3S/c1-15-12-31(13-16(2)29-15)22-8-20(37(35,36)30-25(4)5-6-25)9-23-21(22)11-28-33(23)19-7-18(10-26)32(14-19)24(34)17(3)27/h8-9,11,15-16,18-19,29-30H,3,5-7,10,12-14H2,1-2,4H3/t15-,16-,18-,19+/m0/s1. The molecule has 3 fully saturated rings. The zero-order chi connectivity index (χ0) is 26.7. The van der Waals surface area contributed by atoms with Gasteiger partial charge in [0.1, 0.15) is 6.67 Å². The van der Waals surface area contributed by atoms with Gasteiger partial charge in [-0.3, -0.25) is 9.48 Å². The van der Waals surface area contributed by atoms with Crippen LogP contribution in [0.1, 0.15) is 46.1 Å². The summed E-state index contributed by atoms with van der Waals surface area (Å²) in [7, 11) is -3.82. The summed E-state index contributed by atoms with van der Waals surface area (Å²) in [4.78, 5) is 15.7. The lowest BCUT2D eigenvalue weighted by atomic mass is 10.1. The minimum Gasteiger partial charge on any atom is -0.368 e. The van der Waals surface area contributed by atoms with E-state index in [9.17, 15) is 22.0 Å². The van der Waals surface area contributed by atoms with Crippen LogP contribution < -0.4 is 14.9 Å². The van der Waals surface area contributed by atoms with Crippen molar-refractivity contribution in [3.8, 4) is 0 Å². The number of fused-ring (bicyclic) bond motifs is 1. The third-order valence-electron chi connectivity index (χ3n) is 7.67. The van der Waals surface area contributed by atoms with Gasteiger partial charge in [0, 0.05) is 48.3 Å². The molecule has 37 heavy (non-hydrogen) atoms. The SMILES string of the molecule is C=C(F)C(=O)N1C[C@H](n2ncc3c(N4C[C@H](C)N[C@@H](C)C4)cc(S(=O)(=O)NC4(C)CC4)cc32)C[C@H]1CF. The number of halogens is 2. The van der Waals surface area contributed by atoms with Gasteiger partial charge >= 0.3 is 0 Å². The Morgan fingerprint density at radius 1 is 1.24 bits per heavy atom. The second-order valence-electron chi connectivity index (χ2n) is 11.1. The van der Waals surface area contributed by atoms with E-state index in [4.69, 9.17) is 0 Å². The van der Waals surface area contributed by atoms with E-state index in [1.165, 1.54) is 0 Å². The molecular formula is C25H34F2N6O3S. The van der Waals surface area contributed by atoms with Gasteiger partial charge in [-0.25, -0.2) is 21.9 Å². The van der Waals surface area contributed by atoms with Crippen molar-refractivity contribution in [1.29, 1.82) is 0 Å². The third kappa shape index (κ3) is 4.98. The summed E-state index contributed by atoms with van der Waals surface area (Å²) in [5.74, 6) is -2.07. The van der Waals surface area contributed by atoms with Gasteiger partial charge in [0.15, 0.2) is 5.83 Å². The van der Waals surface area contributed by atoms with Gasteiger partial charge < -0.3 is 15.1 Å². The molecule has 3 heterocycles. The molecule has 0 radical (unpaired) electrons. The van der Waals surface area contributed by atoms with Crippen LogP contribution in [0.2, 0.25) is 0 Å². The molecule has 5 rings (SSSR count). The average molecular weight is 537 g/mol. The number of piperazine rings is 1. The molecule has 12 heteroatoms. The van der Waals surface area contributed by atoms with E-state index in [1.54, 1.807) is 23.0 Å². The van der Waals surface area contributed by atoms with Gasteiger partial charge in [0.25, 0.3) is 5.91 Å². The van der Waals surface area contributed by atoms with Gasteiger partial charge in [-0.2, -0.15) is 5.10 Å². The smallest absolute Gasteiger partial charge is 0.282 e. The molecule has 1 saturated carbocycles. The van der Waals surface area contributed by atoms with E-state index in [1.807, 2.05) is 6.92 Å². The Hall–Kier alpha value is -2.57. The number of amides is 1. The van der Waals surface area contributed by atoms with E-state index in [0.717, 1.165) is 28.8 Å². The second kappa shape index (κ2) is 9.32. The number of nitrogens with one attached hydrogen (secondary N) is 2. The molecule has 1 amide bonds. The molecule has 2 aliphatic heterocycles. The zero-order valence-corrected chi connectivity index (χ0v) is 22.2. The van der Waals surface area contributed by atoms with E-state index in [-0.39, 0.29) is 29.9 Å². The molecule has 4 atom stereocenters. The first-order chi connectivity index (χ1) is 17.4. The zero-order valence-electron chi connectivity index (χ0n) is 21.4. The van der Waals surface area contributed by atoms with Gasteiger partial charge in [-0.1, -0.05) is 6.58 Å². The Kier molecular flexibility index (Phi) is 6.56. The maximum atomic E-state index is 13.8. The molecule has 202 valence electrons. The van der Waals surface area contributed by atoms with E-state index < -0.39 is 46.1 Å². The largest absolute Gasteiger partial charge is 0.368 e. The fourth-order valence-corrected chi connectivity index (χ4v) is 7.13. The first kappa shape index (κ1) is 26.1. The first-order valence-corrected chi connectivity index (χ1v) is 14.2. The number of rotatable bonds is 7. The van der Waals surface area contributed by atoms with Crippen molar-refractivity contribution >= 4 is 32.5 Å². The van der Waals surface area contributed by atoms with Crippen molar-refractivity contribution < 1.29 is 22.0 Å². The summed E-state index contributed by atoms with van der Waals surface area (Å²) in [6.07, 6.45) is 3.48. The van der Waals surface area contributed by atoms with Crippen LogP contribution >= 0.6 is 0 Å². The lowest BCUT2D eigenvalue weighted by molar-refractivity contribution is -0.129. The molecule has 0 spiro atoms. The number of hydrogen-bond acceptors (Lipinski definition) is 6. The third-order valence-corrected chi connectivity index (χ3v) is 9.28. The summed E-state index contributed by atoms with van der Waals surface area (Å²) in [5, 5.41) is 8.84. The molecule has 2 saturated heterocycles. The number of anilines is 1. The molecule has 9 nitrogen and oxygen atoms in total. The number of carbonyl (C=O) groups excluding carboxylic acids is 1. The second-order valence-corrected chi connectivity index (χ2v) is 12.7. The van der Waals surface area contributed by atoms with E-state index >= 15 is 0 Å². The molecule has 1 aromatic heterocycles. The molecule has 2 aromatic rings. The molecule has 2 N–H and O–H groups in total. The topological polar surface area (TPSA) is 99.6 Å². The number of nitrogens with zero attached hydrogens (tertiary/aromatic N) is 4. The number of hydrogen-bond donors (Lipinski definition) is 2. The summed E-state index contributed by atoms with van der Waals surface area (Å²) < 4.78 is 58.8. The predicted molar refractivity (Wildman–Crippen MR) is 137 cm³/mol. The lowest BCUT2D eigenvalue weighted by Crippen LogP contribution is -2.54. The van der Waals surface area contributed by atoms with Gasteiger partial charge in [-0.15, -0.1) is 0 Å². The number of carbonyl (C=O) groups is 1. The van der Waals surface area contributed by atoms with Crippen molar-refractivity contribution in [2.24, 2.45) is 0 Å². The number of sulfonamides is 1. The fourth-order valence-electron chi connectivity index (χ4n) is 5.63. The maximum absolute atomic E-state index is 13.8. The number of likely N-dealkylation sites (tertiary alicyclic amines) is 1. The minimum absolute atomic E-state index is 0.0531. The van der Waals surface area contributed by atoms with Crippen LogP contribution in [0.15, 0.2) is 35.6 Å². The Morgan fingerprint density at radius 3 is 2.51 bits per heavy atom. The van der Waals surface area contributed by atoms with Crippen molar-refractivity contribution in [1.82, 2.24) is 24.7 Å². The van der Waals surface area contributed by atoms with Crippen molar-refractivity contribution in [3.05, 3.63) is 30.7 Å². The highest BCUT2D eigenvalue weighted by molar-refractivity contribution is 7.89. The Balaban J connectivity index is 1.60. The highest BCUT2D eigenvalue weighted by Gasteiger charge is 2.42. The predicted octanol–water partition coefficient (Wildman–Crippen LogP) is 2.65. The van der Waals surface area contributed by atoms with Crippen molar-refractivity contribution in [3.63, 3.8) is 0 Å². The summed E-state index contributed by atoms with van der Waals surface area (Å²) >= 11 is 0. The average Bonchev–Trinajstić information content (AvgIpc) is 3.21. The quantitative estimate of drug-likeness (QED) is 0.528. The number of benzene rings is 1. The summed E-state index contributed by atoms with van der Waals surface area (Å²) in [6.45, 7) is 9.72. The van der Waals surface area contributed by atoms with Crippen molar-refractivity contribution in [2.75, 3.05) is 31.2 Å². The van der Waals surface area contributed by atoms with Crippen LogP contribution in [0.4, 0.5) is 14.5 Å². The van der Waals surface area contributed by atoms with Crippen molar-refractivity contribution in [2.45, 2.75) is 74.6 Å². The molecule has 0 bridgehead atoms. The minimum atomic E-state index is -3.82. The van der Waals surface area contributed by atoms with Gasteiger partial charge in [0.05, 0.1) is 28.7 Å². The monoisotopic (exact) mass is 536 g/mol. The van der Waals surface area contributed by atoms with Crippen LogP contribution in [0, 0.1) is 0 Å². The highest BCUT2D eigenvalue weighted by atomic mass is 32.2. The maximum Gasteiger partial charge on any atom is 0.282 e. The number of alkyl halides is 1. The molecular weight excluding hydrogens is 502 g/mol. The molecule has 0 unspecified atom stereocenters. The summed E-state index contributed by atoms with van der Waals surface area (Å²) in [5.41, 5.74) is 0.894. The van der Waals surface area contributed by atoms with Crippen LogP contribution in [-0.4, -0.2) is 79.0 Å². The van der Waals surface area contributed by atoms with Gasteiger partial charge in [-0.05, 0) is 52.2 Å². The van der Waals surface area contributed by atoms with Crippen LogP contribution in [0.5, 0.6) is 0 Å². The normalized spacial score (nSPS) is 27.6. The van der Waals surface area contributed by atoms with Crippen LogP contribution in [0.25, 0.3) is 10.9 Å². The van der Waals surface area contributed by atoms with E-state index in [0.29, 0.717) is 18.6 Å².